The Morgan fingerprint density at radius 2 is 1.86 bits per heavy atom. The molecule has 2 aromatic carbocycles. The summed E-state index contributed by atoms with van der Waals surface area (Å²) in [6.45, 7) is -0.319. The smallest absolute Gasteiger partial charge is 0.330 e. The van der Waals surface area contributed by atoms with Crippen molar-refractivity contribution in [2.24, 2.45) is 0 Å². The fraction of sp³-hybridized carbons (Fsp3) is 0.423. The van der Waals surface area contributed by atoms with E-state index in [2.05, 4.69) is 5.09 Å². The molecule has 1 aliphatic rings. The normalized spacial score (nSPS) is 24.5. The highest BCUT2D eigenvalue weighted by atomic mass is 32.5. The van der Waals surface area contributed by atoms with Crippen LogP contribution in [0.4, 0.5) is 8.78 Å². The van der Waals surface area contributed by atoms with Gasteiger partial charge in [0.25, 0.3) is 12.0 Å². The Bertz CT molecular complexity index is 1600. The molecule has 0 aliphatic carbocycles. The highest BCUT2D eigenvalue weighted by Gasteiger charge is 2.61. The molecule has 1 saturated heterocycles. The summed E-state index contributed by atoms with van der Waals surface area (Å²) in [5.41, 5.74) is -4.72. The molecule has 3 aromatic rings. The summed E-state index contributed by atoms with van der Waals surface area (Å²) in [7, 11) is 0. The second kappa shape index (κ2) is 12.7. The zero-order valence-corrected chi connectivity index (χ0v) is 24.4. The number of aromatic nitrogens is 2. The van der Waals surface area contributed by atoms with Crippen molar-refractivity contribution in [1.82, 2.24) is 14.6 Å². The van der Waals surface area contributed by atoms with Crippen LogP contribution in [0.2, 0.25) is 0 Å². The van der Waals surface area contributed by atoms with Crippen LogP contribution < -0.4 is 20.9 Å². The fourth-order valence-corrected chi connectivity index (χ4v) is 6.70. The Labute approximate surface area is 243 Å². The zero-order chi connectivity index (χ0) is 30.8. The average molecular weight is 630 g/mol. The number of hydrogen-bond acceptors (Lipinski definition) is 10. The number of nitrogens with one attached hydrogen (secondary N) is 2. The summed E-state index contributed by atoms with van der Waals surface area (Å²) < 4.78 is 52.2. The number of esters is 1. The molecule has 0 spiro atoms. The van der Waals surface area contributed by atoms with Gasteiger partial charge in [0.1, 0.15) is 24.0 Å². The maximum absolute atomic E-state index is 14.6. The minimum atomic E-state index is -3.90. The van der Waals surface area contributed by atoms with E-state index in [0.717, 1.165) is 23.0 Å². The largest absolute Gasteiger partial charge is 0.462 e. The monoisotopic (exact) mass is 629 g/mol. The van der Waals surface area contributed by atoms with Crippen LogP contribution in [0.3, 0.4) is 0 Å². The number of ether oxygens (including phenoxy) is 2. The van der Waals surface area contributed by atoms with Crippen molar-refractivity contribution in [3.8, 4) is 5.75 Å². The van der Waals surface area contributed by atoms with E-state index in [1.807, 2.05) is 29.2 Å². The molecular weight excluding hydrogens is 599 g/mol. The fourth-order valence-electron chi connectivity index (χ4n) is 4.28. The molecule has 4 N–H and O–H groups in total. The highest BCUT2D eigenvalue weighted by molar-refractivity contribution is 8.09. The molecule has 16 heteroatoms. The average Bonchev–Trinajstić information content (AvgIpc) is 3.17. The standard InChI is InChI=1S/C26H30F2N3O9PS/c1-14(2)38-23(35)15(3)30-41(42,40-18-9-8-16-6-4-5-7-17(16)12-18)37-13-26(24(27)28)21(34)20(33)22(39-26)31-11-10-19(32)29-25(31)36/h4-12,14-15,20-22,24,33-34H,13H2,1-3H3,(H,30,42)(H,29,32,36). The van der Waals surface area contributed by atoms with E-state index in [-0.39, 0.29) is 5.75 Å². The lowest BCUT2D eigenvalue weighted by atomic mass is 9.96. The van der Waals surface area contributed by atoms with Gasteiger partial charge in [-0.05, 0) is 55.5 Å². The summed E-state index contributed by atoms with van der Waals surface area (Å²) in [6, 6.07) is 12.1. The third kappa shape index (κ3) is 6.78. The number of nitrogens with zero attached hydrogens (tertiary/aromatic N) is 1. The van der Waals surface area contributed by atoms with Crippen molar-refractivity contribution in [2.75, 3.05) is 6.61 Å². The Morgan fingerprint density at radius 3 is 2.50 bits per heavy atom. The number of carbonyl (C=O) groups excluding carboxylic acids is 1. The lowest BCUT2D eigenvalue weighted by Gasteiger charge is -2.34. The molecule has 6 unspecified atom stereocenters. The van der Waals surface area contributed by atoms with Gasteiger partial charge in [0.05, 0.1) is 12.7 Å². The van der Waals surface area contributed by atoms with Gasteiger partial charge in [0.2, 0.25) is 0 Å². The Kier molecular flexibility index (Phi) is 9.62. The van der Waals surface area contributed by atoms with Crippen molar-refractivity contribution in [1.29, 1.82) is 0 Å². The summed E-state index contributed by atoms with van der Waals surface area (Å²) in [5, 5.41) is 25.8. The molecule has 6 atom stereocenters. The molecular formula is C26H30F2N3O9PS. The van der Waals surface area contributed by atoms with Gasteiger partial charge in [-0.2, -0.15) is 0 Å². The van der Waals surface area contributed by atoms with Gasteiger partial charge in [-0.15, -0.1) is 0 Å². The van der Waals surface area contributed by atoms with E-state index in [9.17, 15) is 33.4 Å². The van der Waals surface area contributed by atoms with Crippen molar-refractivity contribution in [3.63, 3.8) is 0 Å². The predicted molar refractivity (Wildman–Crippen MR) is 151 cm³/mol. The van der Waals surface area contributed by atoms with Gasteiger partial charge in [-0.25, -0.2) is 18.7 Å². The molecule has 42 heavy (non-hydrogen) atoms. The van der Waals surface area contributed by atoms with E-state index < -0.39 is 73.1 Å². The Balaban J connectivity index is 1.65. The van der Waals surface area contributed by atoms with E-state index >= 15 is 0 Å². The quantitative estimate of drug-likeness (QED) is 0.182. The SMILES string of the molecule is CC(C)OC(=O)C(C)NP(=S)(OCC1(C(F)F)OC(n2ccc(=O)[nH]c2=O)C(O)C1O)Oc1ccc2ccccc2c1. The topological polar surface area (TPSA) is 161 Å². The first-order valence-corrected chi connectivity index (χ1v) is 15.4. The Hall–Kier alpha value is -3.04. The van der Waals surface area contributed by atoms with Crippen molar-refractivity contribution < 1.29 is 42.3 Å². The number of aromatic amines is 1. The number of rotatable bonds is 11. The lowest BCUT2D eigenvalue weighted by Crippen LogP contribution is -2.53. The summed E-state index contributed by atoms with van der Waals surface area (Å²) in [4.78, 5) is 38.2. The van der Waals surface area contributed by atoms with Gasteiger partial charge in [-0.1, -0.05) is 30.3 Å². The molecule has 12 nitrogen and oxygen atoms in total. The van der Waals surface area contributed by atoms with Crippen molar-refractivity contribution >= 4 is 35.2 Å². The van der Waals surface area contributed by atoms with Gasteiger partial charge in [0.15, 0.2) is 11.8 Å². The van der Waals surface area contributed by atoms with Crippen LogP contribution in [-0.4, -0.2) is 68.7 Å². The molecule has 228 valence electrons. The van der Waals surface area contributed by atoms with E-state index in [4.69, 9.17) is 30.3 Å². The first kappa shape index (κ1) is 31.9. The first-order valence-electron chi connectivity index (χ1n) is 12.8. The second-order valence-electron chi connectivity index (χ2n) is 9.92. The number of alkyl halides is 2. The van der Waals surface area contributed by atoms with Crippen LogP contribution in [0.1, 0.15) is 27.0 Å². The molecule has 1 aromatic heterocycles. The van der Waals surface area contributed by atoms with Crippen molar-refractivity contribution in [2.45, 2.75) is 63.4 Å². The number of benzene rings is 2. The van der Waals surface area contributed by atoms with E-state index in [1.54, 1.807) is 32.0 Å². The predicted octanol–water partition coefficient (Wildman–Crippen LogP) is 2.19. The number of aliphatic hydroxyl groups is 2. The molecule has 0 saturated carbocycles. The minimum Gasteiger partial charge on any atom is -0.462 e. The molecule has 4 rings (SSSR count). The van der Waals surface area contributed by atoms with Crippen LogP contribution >= 0.6 is 6.64 Å². The van der Waals surface area contributed by atoms with Crippen LogP contribution in [0.25, 0.3) is 10.8 Å². The molecule has 1 aliphatic heterocycles. The number of hydrogen-bond donors (Lipinski definition) is 4. The van der Waals surface area contributed by atoms with Crippen LogP contribution in [0.5, 0.6) is 5.75 Å². The minimum absolute atomic E-state index is 0.200. The van der Waals surface area contributed by atoms with Crippen LogP contribution in [0.15, 0.2) is 64.3 Å². The van der Waals surface area contributed by atoms with Crippen LogP contribution in [0, 0.1) is 0 Å². The molecule has 0 amide bonds. The number of halogens is 2. The summed E-state index contributed by atoms with van der Waals surface area (Å²) in [5.74, 6) is -0.510. The molecule has 2 heterocycles. The Morgan fingerprint density at radius 1 is 1.17 bits per heavy atom. The number of aliphatic hydroxyl groups excluding tert-OH is 2. The summed E-state index contributed by atoms with van der Waals surface area (Å²) >= 11 is 5.62. The third-order valence-electron chi connectivity index (χ3n) is 6.41. The molecule has 0 radical (unpaired) electrons. The van der Waals surface area contributed by atoms with Gasteiger partial charge in [-0.3, -0.25) is 19.1 Å². The highest BCUT2D eigenvalue weighted by Crippen LogP contribution is 2.49. The first-order chi connectivity index (χ1) is 19.7. The molecule has 1 fully saturated rings. The number of H-pyrrole nitrogens is 1. The summed E-state index contributed by atoms with van der Waals surface area (Å²) in [6.07, 6.45) is -9.10. The third-order valence-corrected chi connectivity index (χ3v) is 8.89. The number of carbonyl (C=O) groups is 1. The maximum atomic E-state index is 14.6. The molecule has 0 bridgehead atoms. The van der Waals surface area contributed by atoms with E-state index in [0.29, 0.717) is 4.57 Å². The van der Waals surface area contributed by atoms with E-state index in [1.165, 1.54) is 6.92 Å². The van der Waals surface area contributed by atoms with Gasteiger partial charge < -0.3 is 28.7 Å². The van der Waals surface area contributed by atoms with Gasteiger partial charge >= 0.3 is 18.3 Å². The second-order valence-corrected chi connectivity index (χ2v) is 13.1. The van der Waals surface area contributed by atoms with Gasteiger partial charge in [0, 0.05) is 12.3 Å². The maximum Gasteiger partial charge on any atom is 0.330 e. The van der Waals surface area contributed by atoms with Crippen molar-refractivity contribution in [3.05, 3.63) is 75.6 Å². The number of fused-ring (bicyclic) bond motifs is 1. The zero-order valence-electron chi connectivity index (χ0n) is 22.7. The van der Waals surface area contributed by atoms with Crippen LogP contribution in [-0.2, 0) is 30.6 Å². The lowest BCUT2D eigenvalue weighted by molar-refractivity contribution is -0.192.